The summed E-state index contributed by atoms with van der Waals surface area (Å²) in [7, 11) is 0. The van der Waals surface area contributed by atoms with Crippen molar-refractivity contribution in [3.8, 4) is 0 Å². The van der Waals surface area contributed by atoms with Gasteiger partial charge in [-0.05, 0) is 26.0 Å². The highest BCUT2D eigenvalue weighted by Gasteiger charge is 2.23. The van der Waals surface area contributed by atoms with Crippen LogP contribution in [0.1, 0.15) is 19.4 Å². The van der Waals surface area contributed by atoms with Crippen molar-refractivity contribution in [2.45, 2.75) is 32.5 Å². The second kappa shape index (κ2) is 5.57. The molecule has 2 rings (SSSR count). The number of halogens is 2. The number of nitrogens with zero attached hydrogens (tertiary/aromatic N) is 1. The topological polar surface area (TPSA) is 15.3 Å². The normalized spacial score (nSPS) is 26.1. The summed E-state index contributed by atoms with van der Waals surface area (Å²) in [5.41, 5.74) is 1.04. The summed E-state index contributed by atoms with van der Waals surface area (Å²) in [6.07, 6.45) is 0. The molecule has 2 atom stereocenters. The van der Waals surface area contributed by atoms with Crippen molar-refractivity contribution in [1.82, 2.24) is 10.2 Å². The molecule has 0 saturated carbocycles. The second-order valence-corrected chi connectivity index (χ2v) is 5.60. The number of nitrogens with one attached hydrogen (secondary N) is 1. The monoisotopic (exact) mass is 272 g/mol. The van der Waals surface area contributed by atoms with Gasteiger partial charge in [-0.25, -0.2) is 0 Å². The maximum absolute atomic E-state index is 6.21. The van der Waals surface area contributed by atoms with Crippen LogP contribution in [-0.4, -0.2) is 30.1 Å². The van der Waals surface area contributed by atoms with Gasteiger partial charge < -0.3 is 5.32 Å². The van der Waals surface area contributed by atoms with Crippen LogP contribution in [0.2, 0.25) is 10.0 Å². The summed E-state index contributed by atoms with van der Waals surface area (Å²) < 4.78 is 0. The predicted molar refractivity (Wildman–Crippen MR) is 73.8 cm³/mol. The van der Waals surface area contributed by atoms with E-state index < -0.39 is 0 Å². The van der Waals surface area contributed by atoms with Gasteiger partial charge >= 0.3 is 0 Å². The smallest absolute Gasteiger partial charge is 0.0465 e. The first-order chi connectivity index (χ1) is 8.08. The molecule has 1 aromatic carbocycles. The highest BCUT2D eigenvalue weighted by atomic mass is 35.5. The van der Waals surface area contributed by atoms with E-state index in [0.717, 1.165) is 35.2 Å². The Morgan fingerprint density at radius 3 is 2.59 bits per heavy atom. The Kier molecular flexibility index (Phi) is 4.31. The molecule has 0 aromatic heterocycles. The molecule has 0 spiro atoms. The summed E-state index contributed by atoms with van der Waals surface area (Å²) in [4.78, 5) is 2.42. The minimum Gasteiger partial charge on any atom is -0.311 e. The van der Waals surface area contributed by atoms with Gasteiger partial charge in [0.05, 0.1) is 0 Å². The molecule has 94 valence electrons. The van der Waals surface area contributed by atoms with Gasteiger partial charge in [-0.2, -0.15) is 0 Å². The average Bonchev–Trinajstić information content (AvgIpc) is 2.28. The highest BCUT2D eigenvalue weighted by molar-refractivity contribution is 6.35. The zero-order valence-corrected chi connectivity index (χ0v) is 11.7. The summed E-state index contributed by atoms with van der Waals surface area (Å²) in [6.45, 7) is 7.30. The number of hydrogen-bond acceptors (Lipinski definition) is 2. The first-order valence-corrected chi connectivity index (χ1v) is 6.74. The molecule has 1 heterocycles. The molecule has 2 unspecified atom stereocenters. The van der Waals surface area contributed by atoms with E-state index in [4.69, 9.17) is 23.2 Å². The Balaban J connectivity index is 2.14. The largest absolute Gasteiger partial charge is 0.311 e. The van der Waals surface area contributed by atoms with Crippen LogP contribution in [0.3, 0.4) is 0 Å². The molecular weight excluding hydrogens is 255 g/mol. The van der Waals surface area contributed by atoms with E-state index in [1.54, 1.807) is 0 Å². The van der Waals surface area contributed by atoms with Crippen molar-refractivity contribution in [2.75, 3.05) is 13.1 Å². The lowest BCUT2D eigenvalue weighted by Crippen LogP contribution is -2.53. The maximum Gasteiger partial charge on any atom is 0.0465 e. The molecular formula is C13H18Cl2N2. The summed E-state index contributed by atoms with van der Waals surface area (Å²) >= 11 is 12.4. The molecule has 0 amide bonds. The lowest BCUT2D eigenvalue weighted by atomic mass is 10.1. The first-order valence-electron chi connectivity index (χ1n) is 5.98. The van der Waals surface area contributed by atoms with Crippen LogP contribution < -0.4 is 5.32 Å². The van der Waals surface area contributed by atoms with Crippen LogP contribution in [0.5, 0.6) is 0 Å². The van der Waals surface area contributed by atoms with Gasteiger partial charge in [0.2, 0.25) is 0 Å². The van der Waals surface area contributed by atoms with Crippen LogP contribution >= 0.6 is 23.2 Å². The van der Waals surface area contributed by atoms with Crippen molar-refractivity contribution in [1.29, 1.82) is 0 Å². The Labute approximate surface area is 113 Å². The van der Waals surface area contributed by atoms with Crippen molar-refractivity contribution in [2.24, 2.45) is 0 Å². The van der Waals surface area contributed by atoms with E-state index in [1.165, 1.54) is 0 Å². The van der Waals surface area contributed by atoms with Crippen molar-refractivity contribution >= 4 is 23.2 Å². The van der Waals surface area contributed by atoms with Crippen molar-refractivity contribution in [3.05, 3.63) is 33.8 Å². The zero-order valence-electron chi connectivity index (χ0n) is 10.2. The zero-order chi connectivity index (χ0) is 12.4. The summed E-state index contributed by atoms with van der Waals surface area (Å²) in [5, 5.41) is 4.99. The molecule has 0 bridgehead atoms. The van der Waals surface area contributed by atoms with Gasteiger partial charge in [0, 0.05) is 47.3 Å². The Bertz CT molecular complexity index is 375. The fraction of sp³-hybridized carbons (Fsp3) is 0.538. The molecule has 1 aromatic rings. The quantitative estimate of drug-likeness (QED) is 0.890. The maximum atomic E-state index is 6.21. The summed E-state index contributed by atoms with van der Waals surface area (Å²) in [5.74, 6) is 0. The number of benzene rings is 1. The lowest BCUT2D eigenvalue weighted by molar-refractivity contribution is 0.139. The van der Waals surface area contributed by atoms with Crippen molar-refractivity contribution < 1.29 is 0 Å². The van der Waals surface area contributed by atoms with Crippen LogP contribution in [0.15, 0.2) is 18.2 Å². The summed E-state index contributed by atoms with van der Waals surface area (Å²) in [6, 6.07) is 6.72. The molecule has 2 nitrogen and oxygen atoms in total. The number of rotatable bonds is 2. The molecule has 0 aliphatic carbocycles. The molecule has 1 N–H and O–H groups in total. The third-order valence-corrected chi connectivity index (χ3v) is 4.02. The molecule has 0 radical (unpaired) electrons. The first kappa shape index (κ1) is 13.2. The van der Waals surface area contributed by atoms with Gasteiger partial charge in [-0.3, -0.25) is 4.90 Å². The second-order valence-electron chi connectivity index (χ2n) is 4.79. The lowest BCUT2D eigenvalue weighted by Gasteiger charge is -2.37. The standard InChI is InChI=1S/C13H18Cl2N2/c1-9-7-17(10(2)6-16-9)8-11-12(14)4-3-5-13(11)15/h3-5,9-10,16H,6-8H2,1-2H3. The van der Waals surface area contributed by atoms with E-state index in [2.05, 4.69) is 24.1 Å². The van der Waals surface area contributed by atoms with Crippen LogP contribution in [0.25, 0.3) is 0 Å². The van der Waals surface area contributed by atoms with E-state index in [1.807, 2.05) is 18.2 Å². The Morgan fingerprint density at radius 2 is 1.94 bits per heavy atom. The number of piperazine rings is 1. The Hall–Kier alpha value is -0.280. The minimum atomic E-state index is 0.513. The fourth-order valence-corrected chi connectivity index (χ4v) is 2.72. The van der Waals surface area contributed by atoms with Gasteiger partial charge in [-0.1, -0.05) is 29.3 Å². The van der Waals surface area contributed by atoms with Crippen LogP contribution in [0.4, 0.5) is 0 Å². The van der Waals surface area contributed by atoms with E-state index in [9.17, 15) is 0 Å². The molecule has 1 saturated heterocycles. The van der Waals surface area contributed by atoms with Crippen molar-refractivity contribution in [3.63, 3.8) is 0 Å². The molecule has 17 heavy (non-hydrogen) atoms. The third kappa shape index (κ3) is 3.14. The van der Waals surface area contributed by atoms with Gasteiger partial charge in [0.15, 0.2) is 0 Å². The van der Waals surface area contributed by atoms with E-state index >= 15 is 0 Å². The molecule has 1 fully saturated rings. The fourth-order valence-electron chi connectivity index (χ4n) is 2.20. The van der Waals surface area contributed by atoms with Gasteiger partial charge in [0.25, 0.3) is 0 Å². The van der Waals surface area contributed by atoms with Crippen LogP contribution in [0, 0.1) is 0 Å². The van der Waals surface area contributed by atoms with E-state index in [-0.39, 0.29) is 0 Å². The van der Waals surface area contributed by atoms with E-state index in [0.29, 0.717) is 12.1 Å². The molecule has 1 aliphatic rings. The minimum absolute atomic E-state index is 0.513. The molecule has 1 aliphatic heterocycles. The van der Waals surface area contributed by atoms with Gasteiger partial charge in [-0.15, -0.1) is 0 Å². The van der Waals surface area contributed by atoms with Gasteiger partial charge in [0.1, 0.15) is 0 Å². The average molecular weight is 273 g/mol. The Morgan fingerprint density at radius 1 is 1.29 bits per heavy atom. The number of hydrogen-bond donors (Lipinski definition) is 1. The van der Waals surface area contributed by atoms with Crippen LogP contribution in [-0.2, 0) is 6.54 Å². The SMILES string of the molecule is CC1CN(Cc2c(Cl)cccc2Cl)C(C)CN1. The third-order valence-electron chi connectivity index (χ3n) is 3.32. The predicted octanol–water partition coefficient (Wildman–Crippen LogP) is 3.18. The molecule has 4 heteroatoms. The highest BCUT2D eigenvalue weighted by Crippen LogP contribution is 2.26.